The van der Waals surface area contributed by atoms with Gasteiger partial charge in [0.2, 0.25) is 0 Å². The molecular formula is C14H11BrFN5. The number of nitrogens with zero attached hydrogens (tertiary/aromatic N) is 4. The molecule has 0 atom stereocenters. The third-order valence-corrected chi connectivity index (χ3v) is 3.86. The molecule has 3 rings (SSSR count). The van der Waals surface area contributed by atoms with Crippen LogP contribution in [0.3, 0.4) is 0 Å². The number of benzene rings is 2. The number of hydrogen-bond acceptors (Lipinski definition) is 4. The Kier molecular flexibility index (Phi) is 3.42. The molecule has 0 radical (unpaired) electrons. The molecule has 0 spiro atoms. The lowest BCUT2D eigenvalue weighted by Crippen LogP contribution is -2.04. The number of rotatable bonds is 2. The first kappa shape index (κ1) is 13.7. The molecular weight excluding hydrogens is 337 g/mol. The van der Waals surface area contributed by atoms with Crippen LogP contribution < -0.4 is 5.73 Å². The minimum atomic E-state index is -0.305. The summed E-state index contributed by atoms with van der Waals surface area (Å²) in [4.78, 5) is 0. The van der Waals surface area contributed by atoms with Gasteiger partial charge in [-0.05, 0) is 47.7 Å². The van der Waals surface area contributed by atoms with Gasteiger partial charge < -0.3 is 5.73 Å². The van der Waals surface area contributed by atoms with Crippen LogP contribution in [0.15, 0.2) is 40.9 Å². The van der Waals surface area contributed by atoms with Crippen molar-refractivity contribution in [3.8, 4) is 17.1 Å². The van der Waals surface area contributed by atoms with E-state index in [9.17, 15) is 4.39 Å². The molecule has 2 aromatic carbocycles. The van der Waals surface area contributed by atoms with Crippen LogP contribution in [0, 0.1) is 12.7 Å². The lowest BCUT2D eigenvalue weighted by molar-refractivity contribution is 0.614. The monoisotopic (exact) mass is 347 g/mol. The lowest BCUT2D eigenvalue weighted by atomic mass is 10.1. The molecule has 0 fully saturated rings. The Morgan fingerprint density at radius 3 is 2.86 bits per heavy atom. The highest BCUT2D eigenvalue weighted by molar-refractivity contribution is 9.10. The number of hydrogen-bond donors (Lipinski definition) is 1. The molecule has 2 N–H and O–H groups in total. The molecule has 106 valence electrons. The zero-order chi connectivity index (χ0) is 15.0. The third-order valence-electron chi connectivity index (χ3n) is 3.17. The van der Waals surface area contributed by atoms with Gasteiger partial charge in [-0.1, -0.05) is 22.0 Å². The van der Waals surface area contributed by atoms with E-state index in [4.69, 9.17) is 5.73 Å². The van der Waals surface area contributed by atoms with Gasteiger partial charge in [0, 0.05) is 21.3 Å². The number of nitrogens with two attached hydrogens (primary N) is 1. The first-order valence-electron chi connectivity index (χ1n) is 6.17. The summed E-state index contributed by atoms with van der Waals surface area (Å²) in [6, 6.07) is 10.1. The van der Waals surface area contributed by atoms with E-state index >= 15 is 0 Å². The zero-order valence-corrected chi connectivity index (χ0v) is 12.7. The highest BCUT2D eigenvalue weighted by Gasteiger charge is 2.16. The van der Waals surface area contributed by atoms with Crippen molar-refractivity contribution in [3.05, 3.63) is 52.3 Å². The standard InChI is InChI=1S/C14H11BrFN5/c1-8-12(16)3-2-4-13(8)21-14(18-19-20-21)10-7-9(17)5-6-11(10)15/h2-7H,17H2,1H3. The van der Waals surface area contributed by atoms with Gasteiger partial charge in [-0.15, -0.1) is 5.10 Å². The third kappa shape index (κ3) is 2.40. The van der Waals surface area contributed by atoms with Crippen molar-refractivity contribution >= 4 is 21.6 Å². The Balaban J connectivity index is 2.22. The quantitative estimate of drug-likeness (QED) is 0.723. The highest BCUT2D eigenvalue weighted by atomic mass is 79.9. The van der Waals surface area contributed by atoms with E-state index in [1.807, 2.05) is 6.07 Å². The van der Waals surface area contributed by atoms with Gasteiger partial charge in [-0.25, -0.2) is 4.39 Å². The van der Waals surface area contributed by atoms with Crippen molar-refractivity contribution in [2.75, 3.05) is 5.73 Å². The fourth-order valence-corrected chi connectivity index (χ4v) is 2.48. The summed E-state index contributed by atoms with van der Waals surface area (Å²) in [7, 11) is 0. The molecule has 0 aliphatic rings. The molecule has 1 aromatic heterocycles. The molecule has 0 unspecified atom stereocenters. The summed E-state index contributed by atoms with van der Waals surface area (Å²) >= 11 is 3.45. The summed E-state index contributed by atoms with van der Waals surface area (Å²) < 4.78 is 16.0. The van der Waals surface area contributed by atoms with Gasteiger partial charge in [-0.2, -0.15) is 4.68 Å². The van der Waals surface area contributed by atoms with Crippen LogP contribution in [0.1, 0.15) is 5.56 Å². The molecule has 0 bridgehead atoms. The Morgan fingerprint density at radius 1 is 1.24 bits per heavy atom. The zero-order valence-electron chi connectivity index (χ0n) is 11.1. The maximum atomic E-state index is 13.7. The van der Waals surface area contributed by atoms with Crippen molar-refractivity contribution in [1.82, 2.24) is 20.2 Å². The largest absolute Gasteiger partial charge is 0.399 e. The maximum absolute atomic E-state index is 13.7. The van der Waals surface area contributed by atoms with Gasteiger partial charge in [0.15, 0.2) is 5.82 Å². The van der Waals surface area contributed by atoms with Crippen molar-refractivity contribution in [1.29, 1.82) is 0 Å². The Bertz CT molecular complexity index is 798. The predicted octanol–water partition coefficient (Wildman–Crippen LogP) is 3.12. The average molecular weight is 348 g/mol. The summed E-state index contributed by atoms with van der Waals surface area (Å²) in [6.07, 6.45) is 0. The predicted molar refractivity (Wildman–Crippen MR) is 81.4 cm³/mol. The van der Waals surface area contributed by atoms with Crippen molar-refractivity contribution in [3.63, 3.8) is 0 Å². The van der Waals surface area contributed by atoms with E-state index in [0.717, 1.165) is 10.0 Å². The summed E-state index contributed by atoms with van der Waals surface area (Å²) in [5.41, 5.74) is 8.22. The van der Waals surface area contributed by atoms with Gasteiger partial charge in [0.25, 0.3) is 0 Å². The summed E-state index contributed by atoms with van der Waals surface area (Å²) in [5.74, 6) is 0.184. The topological polar surface area (TPSA) is 69.6 Å². The van der Waals surface area contributed by atoms with E-state index < -0.39 is 0 Å². The van der Waals surface area contributed by atoms with Gasteiger partial charge in [-0.3, -0.25) is 0 Å². The second-order valence-corrected chi connectivity index (χ2v) is 5.39. The van der Waals surface area contributed by atoms with E-state index in [-0.39, 0.29) is 5.82 Å². The normalized spacial score (nSPS) is 10.8. The van der Waals surface area contributed by atoms with Crippen LogP contribution in [-0.2, 0) is 0 Å². The van der Waals surface area contributed by atoms with Crippen molar-refractivity contribution < 1.29 is 4.39 Å². The van der Waals surface area contributed by atoms with E-state index in [1.54, 1.807) is 31.2 Å². The fraction of sp³-hybridized carbons (Fsp3) is 0.0714. The maximum Gasteiger partial charge on any atom is 0.188 e. The van der Waals surface area contributed by atoms with E-state index in [0.29, 0.717) is 22.8 Å². The van der Waals surface area contributed by atoms with Crippen molar-refractivity contribution in [2.45, 2.75) is 6.92 Å². The minimum Gasteiger partial charge on any atom is -0.399 e. The molecule has 0 saturated heterocycles. The molecule has 0 amide bonds. The highest BCUT2D eigenvalue weighted by Crippen LogP contribution is 2.30. The second kappa shape index (κ2) is 5.25. The minimum absolute atomic E-state index is 0.305. The number of aromatic nitrogens is 4. The molecule has 21 heavy (non-hydrogen) atoms. The van der Waals surface area contributed by atoms with Crippen molar-refractivity contribution in [2.24, 2.45) is 0 Å². The summed E-state index contributed by atoms with van der Waals surface area (Å²) in [6.45, 7) is 1.69. The Hall–Kier alpha value is -2.28. The Labute approximate surface area is 128 Å². The van der Waals surface area contributed by atoms with Crippen LogP contribution in [0.25, 0.3) is 17.1 Å². The molecule has 0 saturated carbocycles. The van der Waals surface area contributed by atoms with Crippen LogP contribution in [0.2, 0.25) is 0 Å². The second-order valence-electron chi connectivity index (χ2n) is 4.54. The molecule has 3 aromatic rings. The number of tetrazole rings is 1. The molecule has 0 aliphatic heterocycles. The van der Waals surface area contributed by atoms with E-state index in [1.165, 1.54) is 10.7 Å². The van der Waals surface area contributed by atoms with Crippen LogP contribution >= 0.6 is 15.9 Å². The first-order valence-corrected chi connectivity index (χ1v) is 6.96. The first-order chi connectivity index (χ1) is 10.1. The molecule has 1 heterocycles. The van der Waals surface area contributed by atoms with Gasteiger partial charge in [0.05, 0.1) is 5.69 Å². The summed E-state index contributed by atoms with van der Waals surface area (Å²) in [5, 5.41) is 11.7. The van der Waals surface area contributed by atoms with E-state index in [2.05, 4.69) is 31.5 Å². The number of anilines is 1. The Morgan fingerprint density at radius 2 is 2.05 bits per heavy atom. The van der Waals surface area contributed by atoms with Crippen LogP contribution in [0.5, 0.6) is 0 Å². The lowest BCUT2D eigenvalue weighted by Gasteiger charge is -2.09. The molecule has 0 aliphatic carbocycles. The van der Waals surface area contributed by atoms with Crippen LogP contribution in [0.4, 0.5) is 10.1 Å². The van der Waals surface area contributed by atoms with Gasteiger partial charge in [0.1, 0.15) is 5.82 Å². The smallest absolute Gasteiger partial charge is 0.188 e. The number of nitrogen functional groups attached to an aromatic ring is 1. The number of halogens is 2. The molecule has 5 nitrogen and oxygen atoms in total. The fourth-order valence-electron chi connectivity index (χ4n) is 2.06. The average Bonchev–Trinajstić information content (AvgIpc) is 2.93. The molecule has 7 heteroatoms. The van der Waals surface area contributed by atoms with Crippen LogP contribution in [-0.4, -0.2) is 20.2 Å². The SMILES string of the molecule is Cc1c(F)cccc1-n1nnnc1-c1cc(N)ccc1Br. The van der Waals surface area contributed by atoms with Gasteiger partial charge >= 0.3 is 0 Å².